The van der Waals surface area contributed by atoms with E-state index in [4.69, 9.17) is 27.9 Å². The van der Waals surface area contributed by atoms with Gasteiger partial charge in [0.25, 0.3) is 5.91 Å². The minimum atomic E-state index is -0.430. The Balaban J connectivity index is 1.28. The zero-order chi connectivity index (χ0) is 21.8. The predicted molar refractivity (Wildman–Crippen MR) is 122 cm³/mol. The first-order chi connectivity index (χ1) is 15.0. The number of nitrogens with one attached hydrogen (secondary N) is 2. The quantitative estimate of drug-likeness (QED) is 0.569. The number of benzene rings is 3. The number of amides is 2. The zero-order valence-corrected chi connectivity index (χ0v) is 18.1. The summed E-state index contributed by atoms with van der Waals surface area (Å²) < 4.78 is 5.55. The number of carbonyl (C=O) groups is 2. The van der Waals surface area contributed by atoms with Crippen LogP contribution in [0.1, 0.15) is 21.5 Å². The second-order valence-electron chi connectivity index (χ2n) is 7.20. The Kier molecular flexibility index (Phi) is 6.44. The van der Waals surface area contributed by atoms with Gasteiger partial charge in [-0.3, -0.25) is 9.59 Å². The third kappa shape index (κ3) is 5.19. The summed E-state index contributed by atoms with van der Waals surface area (Å²) in [4.78, 5) is 24.3. The summed E-state index contributed by atoms with van der Waals surface area (Å²) in [7, 11) is 0. The van der Waals surface area contributed by atoms with Gasteiger partial charge in [0.15, 0.2) is 0 Å². The molecular weight excluding hydrogens is 435 g/mol. The van der Waals surface area contributed by atoms with E-state index in [2.05, 4.69) is 22.8 Å². The summed E-state index contributed by atoms with van der Waals surface area (Å²) in [5, 5.41) is 6.03. The molecule has 2 N–H and O–H groups in total. The Labute approximate surface area is 190 Å². The first kappa shape index (κ1) is 21.2. The van der Waals surface area contributed by atoms with E-state index < -0.39 is 5.91 Å². The number of hydrogen-bond acceptors (Lipinski definition) is 3. The normalized spacial score (nSPS) is 12.1. The highest BCUT2D eigenvalue weighted by Crippen LogP contribution is 2.30. The number of fused-ring (bicyclic) bond motifs is 1. The molecule has 3 aromatic rings. The molecule has 158 valence electrons. The first-order valence-electron chi connectivity index (χ1n) is 9.84. The molecule has 0 unspecified atom stereocenters. The van der Waals surface area contributed by atoms with Crippen LogP contribution in [0.3, 0.4) is 0 Å². The van der Waals surface area contributed by atoms with Gasteiger partial charge in [-0.15, -0.1) is 0 Å². The molecule has 0 fully saturated rings. The Bertz CT molecular complexity index is 1130. The standard InChI is InChI=1S/C24H20Cl2N2O3/c25-19-6-7-20(21(26)12-19)24(30)28-14-23(29)27-13-15-1-3-16(4-2-15)17-5-8-22-18(11-17)9-10-31-22/h1-8,11-12H,9-10,13-14H2,(H,27,29)(H,28,30). The van der Waals surface area contributed by atoms with Gasteiger partial charge >= 0.3 is 0 Å². The average molecular weight is 455 g/mol. The Morgan fingerprint density at radius 1 is 0.903 bits per heavy atom. The topological polar surface area (TPSA) is 67.4 Å². The molecule has 1 aliphatic heterocycles. The van der Waals surface area contributed by atoms with Gasteiger partial charge < -0.3 is 15.4 Å². The van der Waals surface area contributed by atoms with Crippen molar-refractivity contribution in [2.24, 2.45) is 0 Å². The highest BCUT2D eigenvalue weighted by atomic mass is 35.5. The van der Waals surface area contributed by atoms with Crippen LogP contribution in [-0.4, -0.2) is 25.0 Å². The average Bonchev–Trinajstić information content (AvgIpc) is 3.24. The molecule has 1 aliphatic rings. The van der Waals surface area contributed by atoms with Gasteiger partial charge in [0.1, 0.15) is 5.75 Å². The van der Waals surface area contributed by atoms with E-state index in [-0.39, 0.29) is 23.0 Å². The van der Waals surface area contributed by atoms with Crippen LogP contribution in [0.5, 0.6) is 5.75 Å². The summed E-state index contributed by atoms with van der Waals surface area (Å²) in [5.74, 6) is 0.246. The number of carbonyl (C=O) groups excluding carboxylic acids is 2. The zero-order valence-electron chi connectivity index (χ0n) is 16.6. The molecule has 0 radical (unpaired) electrons. The van der Waals surface area contributed by atoms with Crippen LogP contribution in [0.15, 0.2) is 60.7 Å². The molecule has 0 saturated heterocycles. The van der Waals surface area contributed by atoms with Crippen molar-refractivity contribution < 1.29 is 14.3 Å². The molecule has 0 saturated carbocycles. The van der Waals surface area contributed by atoms with Crippen LogP contribution in [0, 0.1) is 0 Å². The van der Waals surface area contributed by atoms with Crippen LogP contribution >= 0.6 is 23.2 Å². The minimum Gasteiger partial charge on any atom is -0.493 e. The molecule has 0 atom stereocenters. The van der Waals surface area contributed by atoms with Crippen molar-refractivity contribution in [3.63, 3.8) is 0 Å². The molecule has 2 amide bonds. The Morgan fingerprint density at radius 3 is 2.45 bits per heavy atom. The summed E-state index contributed by atoms with van der Waals surface area (Å²) in [5.41, 5.74) is 4.72. The monoisotopic (exact) mass is 454 g/mol. The third-order valence-electron chi connectivity index (χ3n) is 5.05. The van der Waals surface area contributed by atoms with Crippen LogP contribution in [0.2, 0.25) is 10.0 Å². The minimum absolute atomic E-state index is 0.146. The van der Waals surface area contributed by atoms with Gasteiger partial charge in [0.2, 0.25) is 5.91 Å². The van der Waals surface area contributed by atoms with E-state index in [0.29, 0.717) is 11.6 Å². The molecule has 5 nitrogen and oxygen atoms in total. The van der Waals surface area contributed by atoms with E-state index in [9.17, 15) is 9.59 Å². The number of hydrogen-bond donors (Lipinski definition) is 2. The van der Waals surface area contributed by atoms with Gasteiger partial charge in [-0.05, 0) is 52.6 Å². The molecule has 0 spiro atoms. The number of rotatable bonds is 6. The molecule has 0 aromatic heterocycles. The van der Waals surface area contributed by atoms with Crippen molar-refractivity contribution in [2.45, 2.75) is 13.0 Å². The van der Waals surface area contributed by atoms with Gasteiger partial charge in [0, 0.05) is 18.0 Å². The lowest BCUT2D eigenvalue weighted by atomic mass is 10.0. The van der Waals surface area contributed by atoms with E-state index in [1.165, 1.54) is 17.7 Å². The molecule has 7 heteroatoms. The lowest BCUT2D eigenvalue weighted by Gasteiger charge is -2.09. The smallest absolute Gasteiger partial charge is 0.253 e. The summed E-state index contributed by atoms with van der Waals surface area (Å²) >= 11 is 11.8. The molecular formula is C24H20Cl2N2O3. The Hall–Kier alpha value is -3.02. The lowest BCUT2D eigenvalue weighted by molar-refractivity contribution is -0.120. The molecule has 4 rings (SSSR count). The fourth-order valence-corrected chi connectivity index (χ4v) is 3.87. The van der Waals surface area contributed by atoms with Crippen molar-refractivity contribution in [1.29, 1.82) is 0 Å². The maximum Gasteiger partial charge on any atom is 0.253 e. The van der Waals surface area contributed by atoms with Gasteiger partial charge in [-0.25, -0.2) is 0 Å². The third-order valence-corrected chi connectivity index (χ3v) is 5.60. The van der Waals surface area contributed by atoms with E-state index in [1.807, 2.05) is 30.3 Å². The van der Waals surface area contributed by atoms with Crippen LogP contribution in [0.25, 0.3) is 11.1 Å². The fourth-order valence-electron chi connectivity index (χ4n) is 3.37. The second kappa shape index (κ2) is 9.41. The van der Waals surface area contributed by atoms with Crippen molar-refractivity contribution in [3.05, 3.63) is 87.4 Å². The predicted octanol–water partition coefficient (Wildman–Crippen LogP) is 4.64. The summed E-state index contributed by atoms with van der Waals surface area (Å²) in [6.45, 7) is 0.965. The van der Waals surface area contributed by atoms with Crippen LogP contribution in [-0.2, 0) is 17.8 Å². The molecule has 3 aromatic carbocycles. The number of halogens is 2. The highest BCUT2D eigenvalue weighted by molar-refractivity contribution is 6.36. The van der Waals surface area contributed by atoms with Crippen LogP contribution in [0.4, 0.5) is 0 Å². The van der Waals surface area contributed by atoms with Crippen molar-refractivity contribution in [3.8, 4) is 16.9 Å². The van der Waals surface area contributed by atoms with Gasteiger partial charge in [0.05, 0.1) is 23.7 Å². The Morgan fingerprint density at radius 2 is 1.68 bits per heavy atom. The van der Waals surface area contributed by atoms with Crippen molar-refractivity contribution in [1.82, 2.24) is 10.6 Å². The largest absolute Gasteiger partial charge is 0.493 e. The van der Waals surface area contributed by atoms with Gasteiger partial charge in [-0.2, -0.15) is 0 Å². The molecule has 31 heavy (non-hydrogen) atoms. The fraction of sp³-hybridized carbons (Fsp3) is 0.167. The highest BCUT2D eigenvalue weighted by Gasteiger charge is 2.13. The van der Waals surface area contributed by atoms with Crippen molar-refractivity contribution >= 4 is 35.0 Å². The van der Waals surface area contributed by atoms with E-state index in [1.54, 1.807) is 6.07 Å². The second-order valence-corrected chi connectivity index (χ2v) is 8.05. The van der Waals surface area contributed by atoms with Crippen LogP contribution < -0.4 is 15.4 Å². The SMILES string of the molecule is O=C(CNC(=O)c1ccc(Cl)cc1Cl)NCc1ccc(-c2ccc3c(c2)CCO3)cc1. The molecule has 0 bridgehead atoms. The summed E-state index contributed by atoms with van der Waals surface area (Å²) in [6.07, 6.45) is 0.939. The molecule has 0 aliphatic carbocycles. The van der Waals surface area contributed by atoms with Crippen molar-refractivity contribution in [2.75, 3.05) is 13.2 Å². The van der Waals surface area contributed by atoms with E-state index in [0.717, 1.165) is 35.5 Å². The summed E-state index contributed by atoms with van der Waals surface area (Å²) in [6, 6.07) is 18.8. The number of ether oxygens (including phenoxy) is 1. The maximum absolute atomic E-state index is 12.2. The molecule has 1 heterocycles. The van der Waals surface area contributed by atoms with Gasteiger partial charge in [-0.1, -0.05) is 53.5 Å². The first-order valence-corrected chi connectivity index (χ1v) is 10.6. The lowest BCUT2D eigenvalue weighted by Crippen LogP contribution is -2.36. The van der Waals surface area contributed by atoms with E-state index >= 15 is 0 Å². The maximum atomic E-state index is 12.2.